The topological polar surface area (TPSA) is 87.3 Å². The van der Waals surface area contributed by atoms with Crippen LogP contribution in [0.25, 0.3) is 0 Å². The molecule has 0 atom stereocenters. The molecule has 0 radical (unpaired) electrons. The zero-order chi connectivity index (χ0) is 12.0. The Labute approximate surface area is 99.2 Å². The van der Waals surface area contributed by atoms with Crippen molar-refractivity contribution < 1.29 is 5.11 Å². The molecule has 0 aliphatic heterocycles. The van der Waals surface area contributed by atoms with Crippen molar-refractivity contribution >= 4 is 23.4 Å². The molecule has 6 nitrogen and oxygen atoms in total. The number of hydrogen-bond donors (Lipinski definition) is 3. The Kier molecular flexibility index (Phi) is 5.30. The molecule has 90 valence electrons. The highest BCUT2D eigenvalue weighted by atomic mass is 32.2. The number of aliphatic hydroxyl groups excluding tert-OH is 1. The van der Waals surface area contributed by atoms with Crippen molar-refractivity contribution in [3.8, 4) is 0 Å². The number of nitrogens with two attached hydrogens (primary N) is 1. The predicted molar refractivity (Wildman–Crippen MR) is 66.6 cm³/mol. The van der Waals surface area contributed by atoms with Crippen molar-refractivity contribution in [2.24, 2.45) is 5.84 Å². The maximum atomic E-state index is 8.95. The lowest BCUT2D eigenvalue weighted by Crippen LogP contribution is -2.27. The van der Waals surface area contributed by atoms with Crippen LogP contribution < -0.4 is 16.2 Å². The van der Waals surface area contributed by atoms with E-state index in [0.29, 0.717) is 17.5 Å². The quantitative estimate of drug-likeness (QED) is 0.287. The third-order valence-electron chi connectivity index (χ3n) is 2.10. The molecule has 16 heavy (non-hydrogen) atoms. The summed E-state index contributed by atoms with van der Waals surface area (Å²) in [5.74, 6) is 6.68. The van der Waals surface area contributed by atoms with E-state index in [2.05, 4.69) is 15.4 Å². The van der Waals surface area contributed by atoms with Gasteiger partial charge in [-0.25, -0.2) is 15.8 Å². The monoisotopic (exact) mass is 243 g/mol. The maximum Gasteiger partial charge on any atom is 0.191 e. The normalized spacial score (nSPS) is 10.2. The number of rotatable bonds is 6. The lowest BCUT2D eigenvalue weighted by atomic mass is 10.4. The highest BCUT2D eigenvalue weighted by molar-refractivity contribution is 7.98. The number of hydrogen-bond acceptors (Lipinski definition) is 7. The smallest absolute Gasteiger partial charge is 0.191 e. The first-order chi connectivity index (χ1) is 7.74. The van der Waals surface area contributed by atoms with E-state index in [4.69, 9.17) is 10.9 Å². The van der Waals surface area contributed by atoms with E-state index >= 15 is 0 Å². The molecule has 1 aromatic heterocycles. The van der Waals surface area contributed by atoms with Gasteiger partial charge in [0.2, 0.25) is 0 Å². The van der Waals surface area contributed by atoms with Crippen LogP contribution in [0.3, 0.4) is 0 Å². The van der Waals surface area contributed by atoms with Gasteiger partial charge in [0.05, 0.1) is 6.61 Å². The summed E-state index contributed by atoms with van der Waals surface area (Å²) in [7, 11) is 0. The number of hydrazine groups is 1. The van der Waals surface area contributed by atoms with Gasteiger partial charge in [-0.05, 0) is 13.2 Å². The molecule has 0 saturated heterocycles. The fourth-order valence-corrected chi connectivity index (χ4v) is 1.67. The molecule has 1 heterocycles. The number of nitrogens with one attached hydrogen (secondary N) is 1. The first-order valence-electron chi connectivity index (χ1n) is 5.00. The highest BCUT2D eigenvalue weighted by Gasteiger charge is 2.09. The lowest BCUT2D eigenvalue weighted by Gasteiger charge is -2.21. The molecule has 1 rings (SSSR count). The zero-order valence-electron chi connectivity index (χ0n) is 9.47. The molecule has 4 N–H and O–H groups in total. The van der Waals surface area contributed by atoms with E-state index < -0.39 is 0 Å². The van der Waals surface area contributed by atoms with Crippen LogP contribution in [-0.2, 0) is 0 Å². The van der Waals surface area contributed by atoms with Crippen molar-refractivity contribution in [1.29, 1.82) is 0 Å². The Bertz CT molecular complexity index is 313. The second-order valence-electron chi connectivity index (χ2n) is 3.05. The van der Waals surface area contributed by atoms with Crippen LogP contribution in [-0.4, -0.2) is 41.0 Å². The van der Waals surface area contributed by atoms with Crippen LogP contribution in [0, 0.1) is 0 Å². The Morgan fingerprint density at radius 3 is 2.81 bits per heavy atom. The molecule has 1 aromatic rings. The number of nitrogen functional groups attached to an aromatic ring is 1. The maximum absolute atomic E-state index is 8.95. The van der Waals surface area contributed by atoms with Crippen LogP contribution in [0.15, 0.2) is 11.2 Å². The summed E-state index contributed by atoms with van der Waals surface area (Å²) in [4.78, 5) is 10.5. The molecule has 0 aliphatic carbocycles. The van der Waals surface area contributed by atoms with Gasteiger partial charge in [-0.15, -0.1) is 0 Å². The number of anilines is 2. The summed E-state index contributed by atoms with van der Waals surface area (Å²) in [6.07, 6.45) is 1.90. The molecule has 0 amide bonds. The van der Waals surface area contributed by atoms with Crippen LogP contribution in [0.4, 0.5) is 11.6 Å². The molecular formula is C9H17N5OS. The molecular weight excluding hydrogens is 226 g/mol. The number of thioether (sulfide) groups is 1. The van der Waals surface area contributed by atoms with Crippen LogP contribution >= 0.6 is 11.8 Å². The average molecular weight is 243 g/mol. The zero-order valence-corrected chi connectivity index (χ0v) is 10.3. The predicted octanol–water partition coefficient (Wildman–Crippen LogP) is 0.303. The fourth-order valence-electron chi connectivity index (χ4n) is 1.30. The van der Waals surface area contributed by atoms with Crippen molar-refractivity contribution in [3.05, 3.63) is 6.07 Å². The van der Waals surface area contributed by atoms with E-state index in [0.717, 1.165) is 12.4 Å². The number of nitrogens with zero attached hydrogens (tertiary/aromatic N) is 3. The minimum Gasteiger partial charge on any atom is -0.395 e. The third-order valence-corrected chi connectivity index (χ3v) is 2.65. The fraction of sp³-hybridized carbons (Fsp3) is 0.556. The van der Waals surface area contributed by atoms with Crippen LogP contribution in [0.1, 0.15) is 6.92 Å². The molecule has 0 unspecified atom stereocenters. The van der Waals surface area contributed by atoms with Gasteiger partial charge in [-0.2, -0.15) is 0 Å². The van der Waals surface area contributed by atoms with E-state index in [1.165, 1.54) is 11.8 Å². The van der Waals surface area contributed by atoms with E-state index in [9.17, 15) is 0 Å². The second kappa shape index (κ2) is 6.51. The van der Waals surface area contributed by atoms with Crippen molar-refractivity contribution in [2.75, 3.05) is 36.3 Å². The van der Waals surface area contributed by atoms with Gasteiger partial charge in [0.25, 0.3) is 0 Å². The van der Waals surface area contributed by atoms with Gasteiger partial charge in [0.1, 0.15) is 11.6 Å². The van der Waals surface area contributed by atoms with Gasteiger partial charge in [-0.3, -0.25) is 0 Å². The SMILES string of the molecule is CCN(CCO)c1cc(NN)nc(SC)n1. The van der Waals surface area contributed by atoms with Crippen molar-refractivity contribution in [3.63, 3.8) is 0 Å². The summed E-state index contributed by atoms with van der Waals surface area (Å²) in [6.45, 7) is 3.42. The average Bonchev–Trinajstić information content (AvgIpc) is 2.35. The Hall–Kier alpha value is -1.05. The van der Waals surface area contributed by atoms with Gasteiger partial charge in [0, 0.05) is 19.2 Å². The lowest BCUT2D eigenvalue weighted by molar-refractivity contribution is 0.302. The third kappa shape index (κ3) is 3.22. The highest BCUT2D eigenvalue weighted by Crippen LogP contribution is 2.19. The number of aromatic nitrogens is 2. The van der Waals surface area contributed by atoms with E-state index in [-0.39, 0.29) is 6.61 Å². The molecule has 0 spiro atoms. The number of likely N-dealkylation sites (N-methyl/N-ethyl adjacent to an activating group) is 1. The van der Waals surface area contributed by atoms with E-state index in [1.54, 1.807) is 6.07 Å². The molecule has 0 aliphatic rings. The van der Waals surface area contributed by atoms with Gasteiger partial charge >= 0.3 is 0 Å². The van der Waals surface area contributed by atoms with Crippen LogP contribution in [0.2, 0.25) is 0 Å². The van der Waals surface area contributed by atoms with Crippen LogP contribution in [0.5, 0.6) is 0 Å². The summed E-state index contributed by atoms with van der Waals surface area (Å²) in [5, 5.41) is 9.61. The molecule has 7 heteroatoms. The second-order valence-corrected chi connectivity index (χ2v) is 3.82. The minimum absolute atomic E-state index is 0.0951. The summed E-state index contributed by atoms with van der Waals surface area (Å²) >= 11 is 1.45. The molecule has 0 aromatic carbocycles. The largest absolute Gasteiger partial charge is 0.395 e. The van der Waals surface area contributed by atoms with Gasteiger partial charge in [-0.1, -0.05) is 11.8 Å². The first-order valence-corrected chi connectivity index (χ1v) is 6.23. The summed E-state index contributed by atoms with van der Waals surface area (Å²) in [6, 6.07) is 1.76. The summed E-state index contributed by atoms with van der Waals surface area (Å²) < 4.78 is 0. The van der Waals surface area contributed by atoms with Crippen molar-refractivity contribution in [1.82, 2.24) is 9.97 Å². The minimum atomic E-state index is 0.0951. The number of aliphatic hydroxyl groups is 1. The summed E-state index contributed by atoms with van der Waals surface area (Å²) in [5.41, 5.74) is 2.51. The molecule has 0 fully saturated rings. The standard InChI is InChI=1S/C9H17N5OS/c1-3-14(4-5-15)8-6-7(13-10)11-9(12-8)16-2/h6,15H,3-5,10H2,1-2H3,(H,11,12,13). The van der Waals surface area contributed by atoms with Gasteiger partial charge in [0.15, 0.2) is 5.16 Å². The van der Waals surface area contributed by atoms with Gasteiger partial charge < -0.3 is 15.4 Å². The Morgan fingerprint density at radius 1 is 1.56 bits per heavy atom. The molecule has 0 bridgehead atoms. The Balaban J connectivity index is 3.00. The van der Waals surface area contributed by atoms with Crippen molar-refractivity contribution in [2.45, 2.75) is 12.1 Å². The Morgan fingerprint density at radius 2 is 2.31 bits per heavy atom. The molecule has 0 saturated carbocycles. The van der Waals surface area contributed by atoms with E-state index in [1.807, 2.05) is 18.1 Å². The first kappa shape index (κ1) is 13.0.